The number of nitrogens with zero attached hydrogens (tertiary/aromatic N) is 2. The maximum atomic E-state index is 10.9. The number of hydrogen-bond donors (Lipinski definition) is 0. The Hall–Kier alpha value is -0.550. The van der Waals surface area contributed by atoms with E-state index in [-0.39, 0.29) is 5.92 Å². The third-order valence-corrected chi connectivity index (χ3v) is 4.26. The molecular formula is C7H9ClN2O2S. The lowest BCUT2D eigenvalue weighted by Gasteiger charge is -1.98. The van der Waals surface area contributed by atoms with Gasteiger partial charge in [-0.25, -0.2) is 8.42 Å². The monoisotopic (exact) mass is 220 g/mol. The van der Waals surface area contributed by atoms with E-state index in [4.69, 9.17) is 10.7 Å². The highest BCUT2D eigenvalue weighted by Crippen LogP contribution is 2.46. The van der Waals surface area contributed by atoms with E-state index in [0.29, 0.717) is 6.42 Å². The van der Waals surface area contributed by atoms with Crippen LogP contribution in [0.4, 0.5) is 0 Å². The third-order valence-electron chi connectivity index (χ3n) is 2.33. The van der Waals surface area contributed by atoms with Crippen LogP contribution in [0.15, 0.2) is 12.3 Å². The Labute approximate surface area is 80.9 Å². The zero-order chi connectivity index (χ0) is 9.64. The molecule has 0 radical (unpaired) electrons. The molecule has 0 aromatic carbocycles. The molecule has 0 bridgehead atoms. The zero-order valence-electron chi connectivity index (χ0n) is 7.01. The predicted molar refractivity (Wildman–Crippen MR) is 49.1 cm³/mol. The molecule has 0 N–H and O–H groups in total. The van der Waals surface area contributed by atoms with Gasteiger partial charge in [-0.1, -0.05) is 0 Å². The summed E-state index contributed by atoms with van der Waals surface area (Å²) >= 11 is 0. The van der Waals surface area contributed by atoms with Crippen molar-refractivity contribution < 1.29 is 8.42 Å². The maximum Gasteiger partial charge on any atom is 0.236 e. The second-order valence-corrected chi connectivity index (χ2v) is 6.08. The van der Waals surface area contributed by atoms with Crippen molar-refractivity contribution in [2.75, 3.05) is 0 Å². The fraction of sp³-hybridized carbons (Fsp3) is 0.571. The summed E-state index contributed by atoms with van der Waals surface area (Å²) in [5.41, 5.74) is 0.939. The summed E-state index contributed by atoms with van der Waals surface area (Å²) < 4.78 is 23.6. The number of aromatic nitrogens is 2. The Morgan fingerprint density at radius 2 is 2.38 bits per heavy atom. The fourth-order valence-electron chi connectivity index (χ4n) is 1.54. The quantitative estimate of drug-likeness (QED) is 0.695. The summed E-state index contributed by atoms with van der Waals surface area (Å²) in [6, 6.07) is 1.83. The Kier molecular flexibility index (Phi) is 1.89. The molecule has 1 heterocycles. The number of aryl methyl sites for hydroxylation is 1. The van der Waals surface area contributed by atoms with Crippen LogP contribution in [-0.2, 0) is 16.1 Å². The zero-order valence-corrected chi connectivity index (χ0v) is 8.59. The fourth-order valence-corrected chi connectivity index (χ4v) is 3.10. The van der Waals surface area contributed by atoms with E-state index in [9.17, 15) is 8.42 Å². The van der Waals surface area contributed by atoms with E-state index < -0.39 is 14.3 Å². The van der Waals surface area contributed by atoms with E-state index in [2.05, 4.69) is 5.10 Å². The molecule has 1 aromatic rings. The molecule has 0 amide bonds. The molecular weight excluding hydrogens is 212 g/mol. The van der Waals surface area contributed by atoms with Crippen LogP contribution in [0.3, 0.4) is 0 Å². The van der Waals surface area contributed by atoms with Crippen LogP contribution in [0, 0.1) is 0 Å². The van der Waals surface area contributed by atoms with Gasteiger partial charge < -0.3 is 0 Å². The number of hydrogen-bond acceptors (Lipinski definition) is 3. The number of rotatable bonds is 2. The molecule has 1 aliphatic rings. The summed E-state index contributed by atoms with van der Waals surface area (Å²) in [6.07, 6.45) is 2.27. The lowest BCUT2D eigenvalue weighted by atomic mass is 10.3. The van der Waals surface area contributed by atoms with Gasteiger partial charge in [0.15, 0.2) is 0 Å². The highest BCUT2D eigenvalue weighted by atomic mass is 35.7. The summed E-state index contributed by atoms with van der Waals surface area (Å²) in [5, 5.41) is 3.56. The van der Waals surface area contributed by atoms with Gasteiger partial charge in [-0.3, -0.25) is 4.68 Å². The van der Waals surface area contributed by atoms with Crippen LogP contribution in [0.5, 0.6) is 0 Å². The average Bonchev–Trinajstić information content (AvgIpc) is 2.69. The number of halogens is 1. The predicted octanol–water partition coefficient (Wildman–Crippen LogP) is 0.845. The molecule has 1 aliphatic carbocycles. The van der Waals surface area contributed by atoms with E-state index in [0.717, 1.165) is 5.69 Å². The van der Waals surface area contributed by atoms with Crippen LogP contribution in [0.1, 0.15) is 18.0 Å². The molecule has 0 spiro atoms. The first-order chi connectivity index (χ1) is 6.00. The van der Waals surface area contributed by atoms with Crippen LogP contribution in [0.25, 0.3) is 0 Å². The van der Waals surface area contributed by atoms with Gasteiger partial charge in [0, 0.05) is 35.5 Å². The molecule has 1 fully saturated rings. The molecule has 2 atom stereocenters. The van der Waals surface area contributed by atoms with Gasteiger partial charge in [0.25, 0.3) is 0 Å². The Morgan fingerprint density at radius 1 is 1.69 bits per heavy atom. The van der Waals surface area contributed by atoms with Crippen LogP contribution < -0.4 is 0 Å². The SMILES string of the molecule is Cn1nccc1C1CC1S(=O)(=O)Cl. The van der Waals surface area contributed by atoms with Gasteiger partial charge in [-0.2, -0.15) is 5.10 Å². The molecule has 0 aliphatic heterocycles. The molecule has 1 saturated carbocycles. The van der Waals surface area contributed by atoms with Crippen LogP contribution in [-0.4, -0.2) is 23.4 Å². The molecule has 4 nitrogen and oxygen atoms in total. The highest BCUT2D eigenvalue weighted by molar-refractivity contribution is 8.14. The van der Waals surface area contributed by atoms with Crippen molar-refractivity contribution in [3.63, 3.8) is 0 Å². The lowest BCUT2D eigenvalue weighted by molar-refractivity contribution is 0.607. The molecule has 13 heavy (non-hydrogen) atoms. The van der Waals surface area contributed by atoms with E-state index in [1.807, 2.05) is 6.07 Å². The van der Waals surface area contributed by atoms with E-state index in [1.165, 1.54) is 0 Å². The Balaban J connectivity index is 2.22. The summed E-state index contributed by atoms with van der Waals surface area (Å²) in [7, 11) is 3.64. The van der Waals surface area contributed by atoms with Gasteiger partial charge >= 0.3 is 0 Å². The van der Waals surface area contributed by atoms with Gasteiger partial charge in [-0.05, 0) is 12.5 Å². The molecule has 2 unspecified atom stereocenters. The van der Waals surface area contributed by atoms with Crippen molar-refractivity contribution in [3.05, 3.63) is 18.0 Å². The highest BCUT2D eigenvalue weighted by Gasteiger charge is 2.48. The summed E-state index contributed by atoms with van der Waals surface area (Å²) in [4.78, 5) is 0. The molecule has 1 aromatic heterocycles. The molecule has 72 valence electrons. The summed E-state index contributed by atoms with van der Waals surface area (Å²) in [6.45, 7) is 0. The Morgan fingerprint density at radius 3 is 2.77 bits per heavy atom. The normalized spacial score (nSPS) is 27.5. The van der Waals surface area contributed by atoms with Gasteiger partial charge in [0.2, 0.25) is 9.05 Å². The Bertz CT molecular complexity index is 425. The van der Waals surface area contributed by atoms with Gasteiger partial charge in [0.1, 0.15) is 0 Å². The maximum absolute atomic E-state index is 10.9. The smallest absolute Gasteiger partial charge is 0.236 e. The minimum Gasteiger partial charge on any atom is -0.272 e. The second-order valence-electron chi connectivity index (χ2n) is 3.24. The lowest BCUT2D eigenvalue weighted by Crippen LogP contribution is -2.03. The van der Waals surface area contributed by atoms with E-state index in [1.54, 1.807) is 17.9 Å². The van der Waals surface area contributed by atoms with E-state index >= 15 is 0 Å². The van der Waals surface area contributed by atoms with Crippen molar-refractivity contribution in [2.24, 2.45) is 7.05 Å². The minimum atomic E-state index is -3.39. The van der Waals surface area contributed by atoms with Crippen molar-refractivity contribution in [2.45, 2.75) is 17.6 Å². The average molecular weight is 221 g/mol. The first kappa shape index (κ1) is 9.02. The topological polar surface area (TPSA) is 52.0 Å². The third kappa shape index (κ3) is 1.58. The minimum absolute atomic E-state index is 0.0370. The van der Waals surface area contributed by atoms with Gasteiger partial charge in [-0.15, -0.1) is 0 Å². The van der Waals surface area contributed by atoms with Crippen molar-refractivity contribution >= 4 is 19.7 Å². The van der Waals surface area contributed by atoms with Crippen LogP contribution in [0.2, 0.25) is 0 Å². The molecule has 0 saturated heterocycles. The van der Waals surface area contributed by atoms with Crippen LogP contribution >= 0.6 is 10.7 Å². The molecule has 6 heteroatoms. The standard InChI is InChI=1S/C7H9ClN2O2S/c1-10-6(2-3-9-10)5-4-7(5)13(8,11)12/h2-3,5,7H,4H2,1H3. The second kappa shape index (κ2) is 2.72. The first-order valence-corrected chi connectivity index (χ1v) is 6.29. The van der Waals surface area contributed by atoms with Crippen molar-refractivity contribution in [1.29, 1.82) is 0 Å². The van der Waals surface area contributed by atoms with Crippen molar-refractivity contribution in [1.82, 2.24) is 9.78 Å². The van der Waals surface area contributed by atoms with Crippen molar-refractivity contribution in [3.8, 4) is 0 Å². The summed E-state index contributed by atoms with van der Waals surface area (Å²) in [5.74, 6) is 0.0370. The van der Waals surface area contributed by atoms with Gasteiger partial charge in [0.05, 0.1) is 5.25 Å². The molecule has 2 rings (SSSR count). The first-order valence-electron chi connectivity index (χ1n) is 3.91. The largest absolute Gasteiger partial charge is 0.272 e.